The van der Waals surface area contributed by atoms with Gasteiger partial charge in [-0.15, -0.1) is 0 Å². The average Bonchev–Trinajstić information content (AvgIpc) is 3.32. The molecule has 1 aliphatic carbocycles. The number of anilines is 1. The van der Waals surface area contributed by atoms with E-state index in [4.69, 9.17) is 4.74 Å². The first-order valence-electron chi connectivity index (χ1n) is 11.2. The fourth-order valence-electron chi connectivity index (χ4n) is 4.77. The lowest BCUT2D eigenvalue weighted by Gasteiger charge is -2.37. The second-order valence-electron chi connectivity index (χ2n) is 8.58. The minimum Gasteiger partial charge on any atom is -0.490 e. The number of hydrogen-bond acceptors (Lipinski definition) is 3. The predicted molar refractivity (Wildman–Crippen MR) is 133 cm³/mol. The summed E-state index contributed by atoms with van der Waals surface area (Å²) in [5.41, 5.74) is 7.33. The molecule has 0 aromatic heterocycles. The maximum absolute atomic E-state index is 5.53. The minimum absolute atomic E-state index is 0.311. The summed E-state index contributed by atoms with van der Waals surface area (Å²) in [6, 6.07) is 23.6. The van der Waals surface area contributed by atoms with Crippen molar-refractivity contribution in [3.05, 3.63) is 114 Å². The van der Waals surface area contributed by atoms with Gasteiger partial charge in [-0.05, 0) is 78.4 Å². The van der Waals surface area contributed by atoms with Gasteiger partial charge in [0.05, 0.1) is 11.7 Å². The zero-order valence-electron chi connectivity index (χ0n) is 18.4. The Morgan fingerprint density at radius 3 is 2.66 bits per heavy atom. The molecule has 1 N–H and O–H groups in total. The van der Waals surface area contributed by atoms with Gasteiger partial charge in [-0.3, -0.25) is 4.99 Å². The highest BCUT2D eigenvalue weighted by molar-refractivity contribution is 5.82. The Bertz CT molecular complexity index is 1160. The number of fused-ring (bicyclic) bond motifs is 3. The van der Waals surface area contributed by atoms with Crippen LogP contribution in [0.4, 0.5) is 11.4 Å². The van der Waals surface area contributed by atoms with Crippen LogP contribution in [-0.2, 0) is 0 Å². The Balaban J connectivity index is 1.31. The first-order chi connectivity index (χ1) is 15.7. The molecule has 160 valence electrons. The number of benzene rings is 3. The summed E-state index contributed by atoms with van der Waals surface area (Å²) in [5.74, 6) is 1.88. The van der Waals surface area contributed by atoms with Crippen molar-refractivity contribution in [2.45, 2.75) is 25.3 Å². The summed E-state index contributed by atoms with van der Waals surface area (Å²) in [7, 11) is 0. The summed E-state index contributed by atoms with van der Waals surface area (Å²) >= 11 is 0. The van der Waals surface area contributed by atoms with E-state index < -0.39 is 0 Å². The number of aliphatic imine (C=N–C) groups is 1. The zero-order valence-corrected chi connectivity index (χ0v) is 18.4. The van der Waals surface area contributed by atoms with Crippen molar-refractivity contribution in [3.63, 3.8) is 0 Å². The van der Waals surface area contributed by atoms with Gasteiger partial charge >= 0.3 is 0 Å². The number of nitrogens with zero attached hydrogens (tertiary/aromatic N) is 1. The highest BCUT2D eigenvalue weighted by Crippen LogP contribution is 2.50. The Morgan fingerprint density at radius 1 is 1.06 bits per heavy atom. The van der Waals surface area contributed by atoms with Crippen LogP contribution in [0.25, 0.3) is 0 Å². The first-order valence-corrected chi connectivity index (χ1v) is 11.2. The molecule has 3 heteroatoms. The highest BCUT2D eigenvalue weighted by atomic mass is 16.5. The Morgan fingerprint density at radius 2 is 1.88 bits per heavy atom. The lowest BCUT2D eigenvalue weighted by atomic mass is 9.76. The van der Waals surface area contributed by atoms with E-state index in [1.807, 2.05) is 30.5 Å². The Hall–Kier alpha value is -3.59. The first kappa shape index (κ1) is 20.3. The topological polar surface area (TPSA) is 33.6 Å². The van der Waals surface area contributed by atoms with E-state index in [-0.39, 0.29) is 0 Å². The van der Waals surface area contributed by atoms with Gasteiger partial charge in [0.2, 0.25) is 0 Å². The van der Waals surface area contributed by atoms with E-state index in [1.54, 1.807) is 6.08 Å². The summed E-state index contributed by atoms with van der Waals surface area (Å²) < 4.78 is 5.53. The van der Waals surface area contributed by atoms with E-state index in [0.717, 1.165) is 23.4 Å². The van der Waals surface area contributed by atoms with Gasteiger partial charge in [0, 0.05) is 17.8 Å². The van der Waals surface area contributed by atoms with Crippen molar-refractivity contribution in [3.8, 4) is 5.75 Å². The molecule has 3 aromatic carbocycles. The van der Waals surface area contributed by atoms with Gasteiger partial charge in [0.1, 0.15) is 12.4 Å². The molecule has 0 unspecified atom stereocenters. The molecule has 0 saturated heterocycles. The minimum atomic E-state index is 0.311. The van der Waals surface area contributed by atoms with Crippen LogP contribution in [0.15, 0.2) is 96.5 Å². The molecule has 2 aliphatic rings. The smallest absolute Gasteiger partial charge is 0.119 e. The maximum atomic E-state index is 5.53. The molecule has 0 amide bonds. The highest BCUT2D eigenvalue weighted by Gasteiger charge is 2.37. The van der Waals surface area contributed by atoms with Crippen molar-refractivity contribution < 1.29 is 4.74 Å². The van der Waals surface area contributed by atoms with Gasteiger partial charge in [-0.2, -0.15) is 0 Å². The fourth-order valence-corrected chi connectivity index (χ4v) is 4.77. The number of rotatable bonds is 6. The molecule has 5 rings (SSSR count). The van der Waals surface area contributed by atoms with Crippen LogP contribution >= 0.6 is 0 Å². The number of allylic oxidation sites excluding steroid dienone is 2. The predicted octanol–water partition coefficient (Wildman–Crippen LogP) is 7.14. The third-order valence-corrected chi connectivity index (χ3v) is 6.38. The Kier molecular flexibility index (Phi) is 5.64. The summed E-state index contributed by atoms with van der Waals surface area (Å²) in [5, 5.41) is 3.81. The van der Waals surface area contributed by atoms with Crippen LogP contribution in [0.5, 0.6) is 5.75 Å². The van der Waals surface area contributed by atoms with Gasteiger partial charge < -0.3 is 10.1 Å². The second-order valence-corrected chi connectivity index (χ2v) is 8.58. The third-order valence-electron chi connectivity index (χ3n) is 6.38. The zero-order chi connectivity index (χ0) is 21.9. The molecule has 0 fully saturated rings. The molecule has 32 heavy (non-hydrogen) atoms. The van der Waals surface area contributed by atoms with Crippen molar-refractivity contribution in [1.29, 1.82) is 0 Å². The normalized spacial score (nSPS) is 21.1. The summed E-state index contributed by atoms with van der Waals surface area (Å²) in [6.45, 7) is 6.35. The largest absolute Gasteiger partial charge is 0.490 e. The summed E-state index contributed by atoms with van der Waals surface area (Å²) in [4.78, 5) is 4.65. The molecule has 0 saturated carbocycles. The molecule has 3 aromatic rings. The van der Waals surface area contributed by atoms with E-state index in [2.05, 4.69) is 78.4 Å². The molecule has 3 atom stereocenters. The lowest BCUT2D eigenvalue weighted by molar-refractivity contribution is 0.363. The lowest BCUT2D eigenvalue weighted by Crippen LogP contribution is -2.29. The van der Waals surface area contributed by atoms with Crippen LogP contribution < -0.4 is 10.1 Å². The molecular weight excluding hydrogens is 392 g/mol. The number of hydrogen-bond donors (Lipinski definition) is 1. The van der Waals surface area contributed by atoms with E-state index in [9.17, 15) is 0 Å². The SMILES string of the molecule is C=CCOc1ccc(C=Nc2ccc([C@@H]3Nc4ccc(C)cc4[C@@H]4C=CC[C@H]43)cc2)cc1. The van der Waals surface area contributed by atoms with Gasteiger partial charge in [-0.25, -0.2) is 0 Å². The van der Waals surface area contributed by atoms with Crippen LogP contribution in [0.1, 0.15) is 40.6 Å². The number of ether oxygens (including phenoxy) is 1. The van der Waals surface area contributed by atoms with Crippen molar-refractivity contribution in [2.24, 2.45) is 10.9 Å². The molecular formula is C29H28N2O. The molecule has 1 heterocycles. The average molecular weight is 421 g/mol. The standard InChI is InChI=1S/C29H28N2O/c1-3-17-32-24-14-8-21(9-15-24)19-30-23-12-10-22(11-13-23)29-26-6-4-5-25(26)27-18-20(2)7-16-28(27)31-29/h3-5,7-16,18-19,25-26,29,31H,1,6,17H2,2H3/t25-,26-,29+/m1/s1. The molecule has 0 bridgehead atoms. The molecule has 3 nitrogen and oxygen atoms in total. The van der Waals surface area contributed by atoms with Crippen LogP contribution in [0, 0.1) is 12.8 Å². The monoisotopic (exact) mass is 420 g/mol. The second kappa shape index (κ2) is 8.88. The fraction of sp³-hybridized carbons (Fsp3) is 0.207. The van der Waals surface area contributed by atoms with E-state index in [0.29, 0.717) is 24.5 Å². The molecule has 0 radical (unpaired) electrons. The van der Waals surface area contributed by atoms with Crippen molar-refractivity contribution in [1.82, 2.24) is 0 Å². The van der Waals surface area contributed by atoms with E-state index >= 15 is 0 Å². The van der Waals surface area contributed by atoms with Crippen LogP contribution in [-0.4, -0.2) is 12.8 Å². The molecule has 1 aliphatic heterocycles. The van der Waals surface area contributed by atoms with Gasteiger partial charge in [0.25, 0.3) is 0 Å². The van der Waals surface area contributed by atoms with Crippen molar-refractivity contribution in [2.75, 3.05) is 11.9 Å². The van der Waals surface area contributed by atoms with Crippen LogP contribution in [0.3, 0.4) is 0 Å². The van der Waals surface area contributed by atoms with Gasteiger partial charge in [-0.1, -0.05) is 54.6 Å². The van der Waals surface area contributed by atoms with Crippen molar-refractivity contribution >= 4 is 17.6 Å². The van der Waals surface area contributed by atoms with Gasteiger partial charge in [0.15, 0.2) is 0 Å². The number of aryl methyl sites for hydroxylation is 1. The summed E-state index contributed by atoms with van der Waals surface area (Å²) in [6.07, 6.45) is 9.48. The Labute approximate surface area is 190 Å². The quantitative estimate of drug-likeness (QED) is 0.340. The molecule has 0 spiro atoms. The van der Waals surface area contributed by atoms with Crippen LogP contribution in [0.2, 0.25) is 0 Å². The third kappa shape index (κ3) is 4.11. The van der Waals surface area contributed by atoms with E-state index in [1.165, 1.54) is 22.4 Å². The number of nitrogens with one attached hydrogen (secondary N) is 1. The maximum Gasteiger partial charge on any atom is 0.119 e.